The molecule has 160 valence electrons. The van der Waals surface area contributed by atoms with Gasteiger partial charge in [0.15, 0.2) is 0 Å². The molecular formula is C20H23N9O2. The highest BCUT2D eigenvalue weighted by Gasteiger charge is 2.27. The Kier molecular flexibility index (Phi) is 4.26. The zero-order chi connectivity index (χ0) is 24.6. The van der Waals surface area contributed by atoms with Gasteiger partial charge in [-0.25, -0.2) is 9.78 Å². The fourth-order valence-electron chi connectivity index (χ4n) is 3.51. The minimum Gasteiger partial charge on any atom is -0.366 e. The number of hydrogen-bond donors (Lipinski definition) is 4. The smallest absolute Gasteiger partial charge is 0.320 e. The first-order valence-electron chi connectivity index (χ1n) is 10.9. The number of carbonyl (C=O) groups excluding carboxylic acids is 2. The molecule has 0 radical (unpaired) electrons. The number of fused-ring (bicyclic) bond motifs is 3. The number of aryl methyl sites for hydroxylation is 1. The van der Waals surface area contributed by atoms with Crippen molar-refractivity contribution in [2.45, 2.75) is 6.54 Å². The van der Waals surface area contributed by atoms with E-state index in [2.05, 4.69) is 31.1 Å². The van der Waals surface area contributed by atoms with Crippen molar-refractivity contribution in [3.05, 3.63) is 41.7 Å². The van der Waals surface area contributed by atoms with E-state index >= 15 is 0 Å². The van der Waals surface area contributed by atoms with E-state index in [1.165, 1.54) is 24.1 Å². The summed E-state index contributed by atoms with van der Waals surface area (Å²) < 4.78 is 22.1. The summed E-state index contributed by atoms with van der Waals surface area (Å²) in [6.07, 6.45) is 1.20. The van der Waals surface area contributed by atoms with E-state index in [4.69, 9.17) is 4.11 Å². The van der Waals surface area contributed by atoms with Gasteiger partial charge < -0.3 is 20.9 Å². The first-order valence-corrected chi connectivity index (χ1v) is 9.39. The summed E-state index contributed by atoms with van der Waals surface area (Å²) in [7, 11) is 5.13. The molecule has 11 heteroatoms. The molecule has 4 rings (SSSR count). The van der Waals surface area contributed by atoms with Crippen LogP contribution < -0.4 is 26.2 Å². The molecular weight excluding hydrogens is 398 g/mol. The van der Waals surface area contributed by atoms with Crippen molar-refractivity contribution in [3.8, 4) is 11.3 Å². The Balaban J connectivity index is 1.78. The number of aromatic nitrogens is 4. The van der Waals surface area contributed by atoms with Crippen molar-refractivity contribution < 1.29 is 13.7 Å². The average Bonchev–Trinajstić information content (AvgIpc) is 3.12. The fourth-order valence-corrected chi connectivity index (χ4v) is 3.51. The monoisotopic (exact) mass is 424 g/mol. The number of carbonyl (C=O) groups is 2. The predicted octanol–water partition coefficient (Wildman–Crippen LogP) is 1.68. The highest BCUT2D eigenvalue weighted by molar-refractivity contribution is 6.02. The second kappa shape index (κ2) is 7.94. The molecule has 2 aromatic heterocycles. The standard InChI is InChI=1S/C20H23N9O2/c1-21-19(30)12-9-23-16(25-20(31)22-2)8-14(12)24-13-7-5-6-11-17-15(26-29(4)27-17)10-28(3)18(11)13/h5-9H,10H2,1-4H3,(H,21,30)(H3,22,23,24,25,31)/i1D3. The molecule has 3 amide bonds. The third-order valence-electron chi connectivity index (χ3n) is 4.84. The summed E-state index contributed by atoms with van der Waals surface area (Å²) in [6, 6.07) is 6.56. The van der Waals surface area contributed by atoms with Crippen LogP contribution in [0.5, 0.6) is 0 Å². The molecule has 1 aliphatic rings. The van der Waals surface area contributed by atoms with E-state index < -0.39 is 18.9 Å². The topological polar surface area (TPSA) is 129 Å². The molecule has 11 nitrogen and oxygen atoms in total. The maximum atomic E-state index is 12.7. The molecule has 31 heavy (non-hydrogen) atoms. The van der Waals surface area contributed by atoms with E-state index in [9.17, 15) is 9.59 Å². The number of para-hydroxylation sites is 1. The Morgan fingerprint density at radius 3 is 2.77 bits per heavy atom. The number of nitrogens with zero attached hydrogens (tertiary/aromatic N) is 5. The lowest BCUT2D eigenvalue weighted by Gasteiger charge is -2.29. The Morgan fingerprint density at radius 2 is 2.00 bits per heavy atom. The van der Waals surface area contributed by atoms with Crippen LogP contribution in [0.15, 0.2) is 30.5 Å². The lowest BCUT2D eigenvalue weighted by Crippen LogP contribution is -2.26. The van der Waals surface area contributed by atoms with Gasteiger partial charge in [0.2, 0.25) is 0 Å². The highest BCUT2D eigenvalue weighted by Crippen LogP contribution is 2.42. The summed E-state index contributed by atoms with van der Waals surface area (Å²) in [5.41, 5.74) is 4.19. The third-order valence-corrected chi connectivity index (χ3v) is 4.84. The largest absolute Gasteiger partial charge is 0.366 e. The summed E-state index contributed by atoms with van der Waals surface area (Å²) in [6.45, 7) is -2.15. The Bertz CT molecular complexity index is 1270. The second-order valence-corrected chi connectivity index (χ2v) is 6.94. The summed E-state index contributed by atoms with van der Waals surface area (Å²) in [5, 5.41) is 19.0. The minimum absolute atomic E-state index is 0.00478. The third kappa shape index (κ3) is 3.72. The number of anilines is 4. The van der Waals surface area contributed by atoms with Crippen molar-refractivity contribution in [2.75, 3.05) is 36.6 Å². The van der Waals surface area contributed by atoms with Crippen LogP contribution in [0.1, 0.15) is 20.2 Å². The lowest BCUT2D eigenvalue weighted by molar-refractivity contribution is 0.0963. The van der Waals surface area contributed by atoms with Crippen LogP contribution in [0.2, 0.25) is 0 Å². The molecule has 3 heterocycles. The number of urea groups is 1. The van der Waals surface area contributed by atoms with Gasteiger partial charge in [0.05, 0.1) is 29.2 Å². The molecule has 0 saturated heterocycles. The van der Waals surface area contributed by atoms with Crippen molar-refractivity contribution in [1.29, 1.82) is 0 Å². The van der Waals surface area contributed by atoms with E-state index in [0.29, 0.717) is 12.2 Å². The number of amides is 3. The molecule has 0 unspecified atom stereocenters. The molecule has 4 N–H and O–H groups in total. The second-order valence-electron chi connectivity index (χ2n) is 6.94. The number of nitrogens with one attached hydrogen (secondary N) is 4. The van der Waals surface area contributed by atoms with Gasteiger partial charge >= 0.3 is 6.03 Å². The fraction of sp³-hybridized carbons (Fsp3) is 0.250. The normalized spacial score (nSPS) is 13.8. The first kappa shape index (κ1) is 16.6. The number of hydrogen-bond acceptors (Lipinski definition) is 7. The Labute approximate surface area is 183 Å². The SMILES string of the molecule is [2H]C([2H])([2H])NC(=O)c1cnc(NC(=O)NC)cc1Nc1cccc2c1N(C)Cc1nn(C)nc1-2. The molecule has 0 saturated carbocycles. The summed E-state index contributed by atoms with van der Waals surface area (Å²) >= 11 is 0. The average molecular weight is 424 g/mol. The van der Waals surface area contributed by atoms with E-state index in [0.717, 1.165) is 22.6 Å². The molecule has 1 aromatic carbocycles. The van der Waals surface area contributed by atoms with Crippen LogP contribution in [-0.2, 0) is 13.6 Å². The van der Waals surface area contributed by atoms with Crippen molar-refractivity contribution >= 4 is 34.8 Å². The quantitative estimate of drug-likeness (QED) is 0.501. The van der Waals surface area contributed by atoms with Crippen LogP contribution in [0.25, 0.3) is 11.3 Å². The Morgan fingerprint density at radius 1 is 1.16 bits per heavy atom. The van der Waals surface area contributed by atoms with Gasteiger partial charge in [-0.3, -0.25) is 10.1 Å². The van der Waals surface area contributed by atoms with Gasteiger partial charge in [-0.15, -0.1) is 0 Å². The van der Waals surface area contributed by atoms with Crippen molar-refractivity contribution in [3.63, 3.8) is 0 Å². The van der Waals surface area contributed by atoms with Crippen LogP contribution in [0.4, 0.5) is 27.7 Å². The number of pyridine rings is 1. The predicted molar refractivity (Wildman–Crippen MR) is 118 cm³/mol. The summed E-state index contributed by atoms with van der Waals surface area (Å²) in [4.78, 5) is 32.0. The highest BCUT2D eigenvalue weighted by atomic mass is 16.2. The number of rotatable bonds is 4. The van der Waals surface area contributed by atoms with Crippen molar-refractivity contribution in [1.82, 2.24) is 30.6 Å². The molecule has 0 atom stereocenters. The van der Waals surface area contributed by atoms with Gasteiger partial charge in [0, 0.05) is 50.1 Å². The van der Waals surface area contributed by atoms with Gasteiger partial charge in [-0.05, 0) is 6.07 Å². The van der Waals surface area contributed by atoms with E-state index in [1.54, 1.807) is 7.05 Å². The zero-order valence-electron chi connectivity index (χ0n) is 20.1. The molecule has 0 aliphatic carbocycles. The van der Waals surface area contributed by atoms with Crippen molar-refractivity contribution in [2.24, 2.45) is 7.05 Å². The van der Waals surface area contributed by atoms with Crippen LogP contribution >= 0.6 is 0 Å². The molecule has 1 aliphatic heterocycles. The molecule has 3 aromatic rings. The van der Waals surface area contributed by atoms with Crippen LogP contribution in [0, 0.1) is 0 Å². The van der Waals surface area contributed by atoms with Gasteiger partial charge in [0.1, 0.15) is 17.2 Å². The molecule has 0 bridgehead atoms. The van der Waals surface area contributed by atoms with E-state index in [-0.39, 0.29) is 17.1 Å². The first-order chi connectivity index (χ1) is 16.1. The minimum atomic E-state index is -2.68. The maximum Gasteiger partial charge on any atom is 0.320 e. The number of benzene rings is 1. The Hall–Kier alpha value is -4.15. The lowest BCUT2D eigenvalue weighted by atomic mass is 10.0. The van der Waals surface area contributed by atoms with Gasteiger partial charge in [0.25, 0.3) is 5.91 Å². The van der Waals surface area contributed by atoms with E-state index in [1.807, 2.05) is 35.5 Å². The van der Waals surface area contributed by atoms with Crippen LogP contribution in [-0.4, -0.2) is 53.0 Å². The van der Waals surface area contributed by atoms with Gasteiger partial charge in [-0.2, -0.15) is 15.0 Å². The van der Waals surface area contributed by atoms with Gasteiger partial charge in [-0.1, -0.05) is 12.1 Å². The summed E-state index contributed by atoms with van der Waals surface area (Å²) in [5.74, 6) is -0.669. The maximum absolute atomic E-state index is 12.7. The molecule has 0 fully saturated rings. The zero-order valence-corrected chi connectivity index (χ0v) is 17.1. The van der Waals surface area contributed by atoms with Crippen LogP contribution in [0.3, 0.4) is 0 Å². The molecule has 0 spiro atoms.